The topological polar surface area (TPSA) is 50.4 Å². The van der Waals surface area contributed by atoms with E-state index in [2.05, 4.69) is 26.6 Å². The van der Waals surface area contributed by atoms with Gasteiger partial charge in [0, 0.05) is 27.4 Å². The number of ether oxygens (including phenoxy) is 1. The fraction of sp³-hybridized carbons (Fsp3) is 0.136. The third-order valence-corrected chi connectivity index (χ3v) is 5.23. The second kappa shape index (κ2) is 10.0. The van der Waals surface area contributed by atoms with Crippen molar-refractivity contribution in [1.29, 1.82) is 0 Å². The number of anilines is 2. The molecule has 0 radical (unpaired) electrons. The van der Waals surface area contributed by atoms with Crippen LogP contribution in [-0.4, -0.2) is 12.5 Å². The van der Waals surface area contributed by atoms with Crippen LogP contribution in [0, 0.1) is 6.92 Å². The highest BCUT2D eigenvalue weighted by Gasteiger charge is 2.09. The zero-order valence-electron chi connectivity index (χ0n) is 15.6. The van der Waals surface area contributed by atoms with Crippen molar-refractivity contribution in [2.24, 2.45) is 0 Å². The standard InChI is InChI=1S/C22H19BrCl2N2O2/c1-14-2-6-17(24)11-20(14)27-22(28)13-29-21-9-3-15(10-19(21)25)12-26-18-7-4-16(23)5-8-18/h2-11,26H,12-13H2,1H3,(H,27,28). The number of hydrogen-bond donors (Lipinski definition) is 2. The van der Waals surface area contributed by atoms with Gasteiger partial charge in [-0.05, 0) is 66.6 Å². The van der Waals surface area contributed by atoms with Crippen molar-refractivity contribution in [2.75, 3.05) is 17.2 Å². The number of amides is 1. The molecule has 4 nitrogen and oxygen atoms in total. The number of carbonyl (C=O) groups is 1. The minimum atomic E-state index is -0.285. The smallest absolute Gasteiger partial charge is 0.262 e. The first-order valence-corrected chi connectivity index (χ1v) is 10.4. The van der Waals surface area contributed by atoms with Gasteiger partial charge in [-0.3, -0.25) is 4.79 Å². The van der Waals surface area contributed by atoms with E-state index >= 15 is 0 Å². The van der Waals surface area contributed by atoms with Gasteiger partial charge in [-0.2, -0.15) is 0 Å². The molecule has 29 heavy (non-hydrogen) atoms. The summed E-state index contributed by atoms with van der Waals surface area (Å²) in [5.41, 5.74) is 3.59. The Bertz CT molecular complexity index is 1010. The molecule has 0 saturated heterocycles. The van der Waals surface area contributed by atoms with E-state index in [0.29, 0.717) is 28.0 Å². The summed E-state index contributed by atoms with van der Waals surface area (Å²) in [5, 5.41) is 7.13. The Morgan fingerprint density at radius 2 is 1.79 bits per heavy atom. The summed E-state index contributed by atoms with van der Waals surface area (Å²) >= 11 is 15.7. The molecule has 2 N–H and O–H groups in total. The van der Waals surface area contributed by atoms with Crippen molar-refractivity contribution in [3.63, 3.8) is 0 Å². The molecule has 0 saturated carbocycles. The highest BCUT2D eigenvalue weighted by atomic mass is 79.9. The lowest BCUT2D eigenvalue weighted by atomic mass is 10.2. The number of aryl methyl sites for hydroxylation is 1. The van der Waals surface area contributed by atoms with Gasteiger partial charge >= 0.3 is 0 Å². The van der Waals surface area contributed by atoms with E-state index in [1.54, 1.807) is 18.2 Å². The summed E-state index contributed by atoms with van der Waals surface area (Å²) in [5.74, 6) is 0.171. The Morgan fingerprint density at radius 3 is 2.52 bits per heavy atom. The van der Waals surface area contributed by atoms with Crippen LogP contribution in [0.25, 0.3) is 0 Å². The van der Waals surface area contributed by atoms with Gasteiger partial charge in [0.25, 0.3) is 5.91 Å². The zero-order valence-corrected chi connectivity index (χ0v) is 18.7. The van der Waals surface area contributed by atoms with Crippen molar-refractivity contribution >= 4 is 56.4 Å². The Kier molecular flexibility index (Phi) is 7.42. The highest BCUT2D eigenvalue weighted by Crippen LogP contribution is 2.26. The van der Waals surface area contributed by atoms with Gasteiger partial charge in [-0.15, -0.1) is 0 Å². The number of nitrogens with one attached hydrogen (secondary N) is 2. The average molecular weight is 494 g/mol. The number of carbonyl (C=O) groups excluding carboxylic acids is 1. The lowest BCUT2D eigenvalue weighted by molar-refractivity contribution is -0.118. The van der Waals surface area contributed by atoms with E-state index in [1.165, 1.54) is 0 Å². The van der Waals surface area contributed by atoms with Crippen LogP contribution >= 0.6 is 39.1 Å². The molecule has 0 aliphatic carbocycles. The largest absolute Gasteiger partial charge is 0.482 e. The molecule has 0 spiro atoms. The molecular weight excluding hydrogens is 475 g/mol. The minimum absolute atomic E-state index is 0.151. The van der Waals surface area contributed by atoms with Crippen LogP contribution in [-0.2, 0) is 11.3 Å². The maximum atomic E-state index is 12.2. The summed E-state index contributed by atoms with van der Waals surface area (Å²) in [6.45, 7) is 2.36. The van der Waals surface area contributed by atoms with Crippen LogP contribution in [0.4, 0.5) is 11.4 Å². The Labute approximate surface area is 188 Å². The van der Waals surface area contributed by atoms with Gasteiger partial charge in [0.2, 0.25) is 0 Å². The maximum absolute atomic E-state index is 12.2. The van der Waals surface area contributed by atoms with Crippen LogP contribution in [0.15, 0.2) is 65.1 Å². The normalized spacial score (nSPS) is 10.5. The van der Waals surface area contributed by atoms with Crippen molar-refractivity contribution in [1.82, 2.24) is 0 Å². The van der Waals surface area contributed by atoms with Gasteiger partial charge in [0.05, 0.1) is 5.02 Å². The fourth-order valence-corrected chi connectivity index (χ4v) is 3.30. The average Bonchev–Trinajstić information content (AvgIpc) is 2.69. The molecule has 0 aliphatic heterocycles. The fourth-order valence-electron chi connectivity index (χ4n) is 2.60. The van der Waals surface area contributed by atoms with E-state index in [4.69, 9.17) is 27.9 Å². The quantitative estimate of drug-likeness (QED) is 0.385. The number of hydrogen-bond acceptors (Lipinski definition) is 3. The first-order valence-electron chi connectivity index (χ1n) is 8.87. The molecule has 0 unspecified atom stereocenters. The third-order valence-electron chi connectivity index (χ3n) is 4.17. The zero-order chi connectivity index (χ0) is 20.8. The van der Waals surface area contributed by atoms with E-state index in [-0.39, 0.29) is 12.5 Å². The SMILES string of the molecule is Cc1ccc(Cl)cc1NC(=O)COc1ccc(CNc2ccc(Br)cc2)cc1Cl. The maximum Gasteiger partial charge on any atom is 0.262 e. The third kappa shape index (κ3) is 6.39. The summed E-state index contributed by atoms with van der Waals surface area (Å²) in [6, 6.07) is 18.7. The summed E-state index contributed by atoms with van der Waals surface area (Å²) in [4.78, 5) is 12.2. The van der Waals surface area contributed by atoms with Gasteiger partial charge in [0.1, 0.15) is 5.75 Å². The molecule has 1 amide bonds. The van der Waals surface area contributed by atoms with Gasteiger partial charge in [-0.25, -0.2) is 0 Å². The first kappa shape index (κ1) is 21.5. The lowest BCUT2D eigenvalue weighted by Crippen LogP contribution is -2.20. The molecule has 150 valence electrons. The predicted molar refractivity (Wildman–Crippen MR) is 123 cm³/mol. The molecule has 0 aromatic heterocycles. The Hall–Kier alpha value is -2.21. The molecule has 3 aromatic carbocycles. The molecular formula is C22H19BrCl2N2O2. The number of benzene rings is 3. The van der Waals surface area contributed by atoms with Gasteiger partial charge in [0.15, 0.2) is 6.61 Å². The van der Waals surface area contributed by atoms with E-state index in [0.717, 1.165) is 21.3 Å². The van der Waals surface area contributed by atoms with E-state index in [1.807, 2.05) is 49.4 Å². The summed E-state index contributed by atoms with van der Waals surface area (Å²) in [6.07, 6.45) is 0. The molecule has 0 heterocycles. The molecule has 7 heteroatoms. The molecule has 0 atom stereocenters. The van der Waals surface area contributed by atoms with Crippen molar-refractivity contribution in [3.8, 4) is 5.75 Å². The Balaban J connectivity index is 1.54. The number of rotatable bonds is 7. The lowest BCUT2D eigenvalue weighted by Gasteiger charge is -2.12. The van der Waals surface area contributed by atoms with Crippen LogP contribution in [0.1, 0.15) is 11.1 Å². The summed E-state index contributed by atoms with van der Waals surface area (Å²) < 4.78 is 6.60. The van der Waals surface area contributed by atoms with Crippen LogP contribution in [0.5, 0.6) is 5.75 Å². The van der Waals surface area contributed by atoms with Gasteiger partial charge in [-0.1, -0.05) is 51.3 Å². The monoisotopic (exact) mass is 492 g/mol. The molecule has 0 bridgehead atoms. The molecule has 3 aromatic rings. The van der Waals surface area contributed by atoms with Gasteiger partial charge < -0.3 is 15.4 Å². The second-order valence-corrected chi connectivity index (χ2v) is 8.18. The Morgan fingerprint density at radius 1 is 1.03 bits per heavy atom. The van der Waals surface area contributed by atoms with E-state index < -0.39 is 0 Å². The van der Waals surface area contributed by atoms with Crippen molar-refractivity contribution in [3.05, 3.63) is 86.3 Å². The van der Waals surface area contributed by atoms with Crippen molar-refractivity contribution in [2.45, 2.75) is 13.5 Å². The minimum Gasteiger partial charge on any atom is -0.482 e. The predicted octanol–water partition coefficient (Wildman–Crippen LogP) is 6.69. The second-order valence-electron chi connectivity index (χ2n) is 6.42. The first-order chi connectivity index (χ1) is 13.9. The van der Waals surface area contributed by atoms with E-state index in [9.17, 15) is 4.79 Å². The summed E-state index contributed by atoms with van der Waals surface area (Å²) in [7, 11) is 0. The van der Waals surface area contributed by atoms with Crippen LogP contribution in [0.3, 0.4) is 0 Å². The molecule has 0 fully saturated rings. The van der Waals surface area contributed by atoms with Crippen molar-refractivity contribution < 1.29 is 9.53 Å². The molecule has 0 aliphatic rings. The van der Waals surface area contributed by atoms with Crippen LogP contribution in [0.2, 0.25) is 10.0 Å². The highest BCUT2D eigenvalue weighted by molar-refractivity contribution is 9.10. The number of halogens is 3. The molecule has 3 rings (SSSR count). The van der Waals surface area contributed by atoms with Crippen LogP contribution < -0.4 is 15.4 Å².